The molecule has 1 aromatic carbocycles. The zero-order chi connectivity index (χ0) is 18.1. The van der Waals surface area contributed by atoms with Crippen molar-refractivity contribution in [2.75, 3.05) is 26.2 Å². The molecule has 2 aromatic heterocycles. The van der Waals surface area contributed by atoms with Crippen molar-refractivity contribution in [3.05, 3.63) is 59.5 Å². The number of hydrogen-bond donors (Lipinski definition) is 1. The third-order valence-electron chi connectivity index (χ3n) is 4.59. The van der Waals surface area contributed by atoms with E-state index in [9.17, 15) is 8.42 Å². The maximum atomic E-state index is 13.4. The van der Waals surface area contributed by atoms with Gasteiger partial charge in [0.15, 0.2) is 0 Å². The van der Waals surface area contributed by atoms with Crippen LogP contribution >= 0.6 is 11.6 Å². The summed E-state index contributed by atoms with van der Waals surface area (Å²) in [4.78, 5) is 6.59. The molecule has 0 bridgehead atoms. The Balaban J connectivity index is 1.88. The van der Waals surface area contributed by atoms with E-state index in [4.69, 9.17) is 11.6 Å². The minimum atomic E-state index is -3.73. The molecule has 6 nitrogen and oxygen atoms in total. The van der Waals surface area contributed by atoms with Crippen molar-refractivity contribution in [2.24, 2.45) is 0 Å². The predicted molar refractivity (Wildman–Crippen MR) is 102 cm³/mol. The van der Waals surface area contributed by atoms with Crippen molar-refractivity contribution in [2.45, 2.75) is 11.4 Å². The average Bonchev–Trinajstić information content (AvgIpc) is 3.03. The minimum Gasteiger partial charge on any atom is -0.314 e. The van der Waals surface area contributed by atoms with Crippen LogP contribution in [0.5, 0.6) is 0 Å². The third kappa shape index (κ3) is 3.12. The largest absolute Gasteiger partial charge is 0.314 e. The van der Waals surface area contributed by atoms with Crippen molar-refractivity contribution in [3.8, 4) is 0 Å². The number of aromatic nitrogens is 2. The Hall–Kier alpha value is -1.93. The van der Waals surface area contributed by atoms with E-state index in [0.29, 0.717) is 28.3 Å². The first kappa shape index (κ1) is 17.5. The van der Waals surface area contributed by atoms with Crippen molar-refractivity contribution >= 4 is 32.5 Å². The van der Waals surface area contributed by atoms with Gasteiger partial charge in [-0.15, -0.1) is 0 Å². The molecule has 1 aliphatic rings. The molecule has 0 amide bonds. The molecule has 0 aliphatic carbocycles. The topological polar surface area (TPSA) is 67.2 Å². The van der Waals surface area contributed by atoms with Gasteiger partial charge in [-0.25, -0.2) is 17.4 Å². The van der Waals surface area contributed by atoms with Crippen LogP contribution in [0.4, 0.5) is 0 Å². The van der Waals surface area contributed by atoms with Gasteiger partial charge in [0.05, 0.1) is 10.4 Å². The Morgan fingerprint density at radius 1 is 1.12 bits per heavy atom. The highest BCUT2D eigenvalue weighted by Gasteiger charge is 2.25. The van der Waals surface area contributed by atoms with E-state index in [1.807, 2.05) is 6.07 Å². The lowest BCUT2D eigenvalue weighted by molar-refractivity contribution is 0.230. The molecule has 4 rings (SSSR count). The fourth-order valence-electron chi connectivity index (χ4n) is 3.32. The summed E-state index contributed by atoms with van der Waals surface area (Å²) in [5.74, 6) is 0. The number of nitrogens with one attached hydrogen (secondary N) is 1. The second-order valence-electron chi connectivity index (χ2n) is 6.28. The molecular formula is C18H19ClN4O2S. The van der Waals surface area contributed by atoms with Crippen LogP contribution in [-0.2, 0) is 16.6 Å². The number of halogens is 1. The van der Waals surface area contributed by atoms with Crippen molar-refractivity contribution in [1.29, 1.82) is 0 Å². The Labute approximate surface area is 157 Å². The smallest absolute Gasteiger partial charge is 0.268 e. The molecular weight excluding hydrogens is 372 g/mol. The zero-order valence-electron chi connectivity index (χ0n) is 14.1. The maximum Gasteiger partial charge on any atom is 0.268 e. The first-order valence-corrected chi connectivity index (χ1v) is 10.3. The van der Waals surface area contributed by atoms with Crippen LogP contribution in [0.3, 0.4) is 0 Å². The Morgan fingerprint density at radius 2 is 1.85 bits per heavy atom. The summed E-state index contributed by atoms with van der Waals surface area (Å²) in [5, 5.41) is 4.27. The minimum absolute atomic E-state index is 0.256. The van der Waals surface area contributed by atoms with Crippen LogP contribution in [-0.4, -0.2) is 48.5 Å². The van der Waals surface area contributed by atoms with Gasteiger partial charge in [-0.05, 0) is 24.3 Å². The lowest BCUT2D eigenvalue weighted by Gasteiger charge is -2.27. The fraction of sp³-hybridized carbons (Fsp3) is 0.278. The van der Waals surface area contributed by atoms with Crippen molar-refractivity contribution < 1.29 is 8.42 Å². The Kier molecular flexibility index (Phi) is 4.71. The third-order valence-corrected chi connectivity index (χ3v) is 6.67. The van der Waals surface area contributed by atoms with Crippen molar-refractivity contribution in [1.82, 2.24) is 19.2 Å². The number of fused-ring (bicyclic) bond motifs is 1. The Morgan fingerprint density at radius 3 is 2.58 bits per heavy atom. The number of pyridine rings is 1. The molecule has 136 valence electrons. The quantitative estimate of drug-likeness (QED) is 0.692. The second kappa shape index (κ2) is 7.00. The van der Waals surface area contributed by atoms with E-state index >= 15 is 0 Å². The first-order chi connectivity index (χ1) is 12.6. The Bertz CT molecular complexity index is 1030. The summed E-state index contributed by atoms with van der Waals surface area (Å²) in [6.45, 7) is 4.08. The molecule has 3 heterocycles. The van der Waals surface area contributed by atoms with Crippen LogP contribution in [0.1, 0.15) is 5.69 Å². The molecule has 3 aromatic rings. The number of hydrogen-bond acceptors (Lipinski definition) is 5. The number of piperazine rings is 1. The molecule has 1 fully saturated rings. The highest BCUT2D eigenvalue weighted by atomic mass is 35.5. The van der Waals surface area contributed by atoms with Crippen LogP contribution in [0.25, 0.3) is 10.9 Å². The lowest BCUT2D eigenvalue weighted by atomic mass is 10.3. The summed E-state index contributed by atoms with van der Waals surface area (Å²) in [6, 6.07) is 12.0. The normalized spacial score (nSPS) is 16.2. The first-order valence-electron chi connectivity index (χ1n) is 8.46. The van der Waals surface area contributed by atoms with Gasteiger partial charge in [-0.1, -0.05) is 29.8 Å². The van der Waals surface area contributed by atoms with Crippen molar-refractivity contribution in [3.63, 3.8) is 0 Å². The summed E-state index contributed by atoms with van der Waals surface area (Å²) < 4.78 is 28.1. The van der Waals surface area contributed by atoms with Gasteiger partial charge in [-0.2, -0.15) is 0 Å². The highest BCUT2D eigenvalue weighted by Crippen LogP contribution is 2.30. The van der Waals surface area contributed by atoms with E-state index in [1.54, 1.807) is 36.4 Å². The van der Waals surface area contributed by atoms with E-state index in [0.717, 1.165) is 26.2 Å². The van der Waals surface area contributed by atoms with Crippen LogP contribution in [0, 0.1) is 0 Å². The highest BCUT2D eigenvalue weighted by molar-refractivity contribution is 7.90. The summed E-state index contributed by atoms with van der Waals surface area (Å²) in [5.41, 5.74) is 1.25. The van der Waals surface area contributed by atoms with Gasteiger partial charge < -0.3 is 5.32 Å². The number of nitrogens with zero attached hydrogens (tertiary/aromatic N) is 3. The molecule has 1 saturated heterocycles. The van der Waals surface area contributed by atoms with Gasteiger partial charge >= 0.3 is 0 Å². The van der Waals surface area contributed by atoms with Gasteiger partial charge in [0, 0.05) is 50.0 Å². The van der Waals surface area contributed by atoms with E-state index < -0.39 is 10.0 Å². The molecule has 0 atom stereocenters. The molecule has 26 heavy (non-hydrogen) atoms. The number of rotatable bonds is 4. The molecule has 8 heteroatoms. The summed E-state index contributed by atoms with van der Waals surface area (Å²) >= 11 is 6.24. The maximum absolute atomic E-state index is 13.4. The molecule has 0 unspecified atom stereocenters. The standard InChI is InChI=1S/C18H19ClN4O2S/c19-18-16-12-14(13-22-10-8-20-9-11-22)23(17(16)6-7-21-18)26(24,25)15-4-2-1-3-5-15/h1-7,12,20H,8-11,13H2. The molecule has 0 spiro atoms. The SMILES string of the molecule is O=S(=O)(c1ccccc1)n1c(CN2CCNCC2)cc2c(Cl)nccc21. The number of benzene rings is 1. The fourth-order valence-corrected chi connectivity index (χ4v) is 5.08. The molecule has 1 N–H and O–H groups in total. The monoisotopic (exact) mass is 390 g/mol. The zero-order valence-corrected chi connectivity index (χ0v) is 15.7. The second-order valence-corrected chi connectivity index (χ2v) is 8.42. The summed E-state index contributed by atoms with van der Waals surface area (Å²) in [7, 11) is -3.73. The van der Waals surface area contributed by atoms with E-state index in [1.165, 1.54) is 10.2 Å². The van der Waals surface area contributed by atoms with Crippen LogP contribution in [0.15, 0.2) is 53.6 Å². The van der Waals surface area contributed by atoms with E-state index in [-0.39, 0.29) is 4.90 Å². The van der Waals surface area contributed by atoms with Crippen LogP contribution in [0.2, 0.25) is 5.15 Å². The molecule has 0 saturated carbocycles. The van der Waals surface area contributed by atoms with Gasteiger partial charge in [0.1, 0.15) is 5.15 Å². The summed E-state index contributed by atoms with van der Waals surface area (Å²) in [6.07, 6.45) is 1.54. The average molecular weight is 391 g/mol. The van der Waals surface area contributed by atoms with Gasteiger partial charge in [0.25, 0.3) is 10.0 Å². The lowest BCUT2D eigenvalue weighted by Crippen LogP contribution is -2.43. The van der Waals surface area contributed by atoms with Crippen LogP contribution < -0.4 is 5.32 Å². The predicted octanol–water partition coefficient (Wildman–Crippen LogP) is 2.33. The molecule has 1 aliphatic heterocycles. The molecule has 0 radical (unpaired) electrons. The van der Waals surface area contributed by atoms with Gasteiger partial charge in [0.2, 0.25) is 0 Å². The van der Waals surface area contributed by atoms with E-state index in [2.05, 4.69) is 15.2 Å². The van der Waals surface area contributed by atoms with Gasteiger partial charge in [-0.3, -0.25) is 4.90 Å².